The van der Waals surface area contributed by atoms with Crippen molar-refractivity contribution in [2.24, 2.45) is 5.73 Å². The first-order chi connectivity index (χ1) is 9.72. The van der Waals surface area contributed by atoms with E-state index in [1.54, 1.807) is 0 Å². The minimum atomic E-state index is -1.46. The maximum atomic E-state index is 11.2. The Kier molecular flexibility index (Phi) is 6.06. The van der Waals surface area contributed by atoms with Crippen LogP contribution in [0.2, 0.25) is 0 Å². The van der Waals surface area contributed by atoms with Gasteiger partial charge in [-0.05, 0) is 0 Å². The van der Waals surface area contributed by atoms with E-state index in [0.717, 1.165) is 13.8 Å². The van der Waals surface area contributed by atoms with E-state index < -0.39 is 48.6 Å². The fourth-order valence-electron chi connectivity index (χ4n) is 1.95. The van der Waals surface area contributed by atoms with E-state index in [9.17, 15) is 19.5 Å². The second-order valence-corrected chi connectivity index (χ2v) is 4.59. The number of carbonyl (C=O) groups excluding carboxylic acids is 3. The second kappa shape index (κ2) is 7.34. The minimum absolute atomic E-state index is 0.283. The van der Waals surface area contributed by atoms with Crippen LogP contribution in [0.5, 0.6) is 0 Å². The first-order valence-electron chi connectivity index (χ1n) is 6.29. The van der Waals surface area contributed by atoms with Crippen molar-refractivity contribution in [3.05, 3.63) is 0 Å². The SMILES string of the molecule is CC(=O)OC[C@H]1O[C@H](O)[C@H](N)[C@@H](OC(C)=O)[C@H]1OC(C)=O. The van der Waals surface area contributed by atoms with Crippen LogP contribution in [-0.2, 0) is 33.3 Å². The third kappa shape index (κ3) is 4.96. The summed E-state index contributed by atoms with van der Waals surface area (Å²) in [7, 11) is 0. The summed E-state index contributed by atoms with van der Waals surface area (Å²) in [5, 5.41) is 9.73. The molecule has 120 valence electrons. The number of esters is 3. The first kappa shape index (κ1) is 17.3. The lowest BCUT2D eigenvalue weighted by atomic mass is 9.97. The molecule has 0 bridgehead atoms. The van der Waals surface area contributed by atoms with Crippen LogP contribution in [0.3, 0.4) is 0 Å². The molecule has 1 rings (SSSR count). The van der Waals surface area contributed by atoms with Gasteiger partial charge in [0.15, 0.2) is 18.5 Å². The van der Waals surface area contributed by atoms with Gasteiger partial charge >= 0.3 is 17.9 Å². The van der Waals surface area contributed by atoms with Gasteiger partial charge in [0.05, 0.1) is 6.04 Å². The highest BCUT2D eigenvalue weighted by Crippen LogP contribution is 2.24. The summed E-state index contributed by atoms with van der Waals surface area (Å²) in [5.74, 6) is -1.89. The molecule has 1 aliphatic rings. The maximum absolute atomic E-state index is 11.2. The summed E-state index contributed by atoms with van der Waals surface area (Å²) in [5.41, 5.74) is 5.70. The lowest BCUT2D eigenvalue weighted by molar-refractivity contribution is -0.260. The topological polar surface area (TPSA) is 134 Å². The van der Waals surface area contributed by atoms with Gasteiger partial charge in [0, 0.05) is 20.8 Å². The standard InChI is InChI=1S/C12H19NO8/c1-5(14)18-4-8-10(19-6(2)15)11(20-7(3)16)9(13)12(17)21-8/h8-12,17H,4,13H2,1-3H3/t8-,9-,10+,11-,12+/m1/s1. The number of ether oxygens (including phenoxy) is 4. The third-order valence-electron chi connectivity index (χ3n) is 2.77. The highest BCUT2D eigenvalue weighted by Gasteiger charge is 2.48. The highest BCUT2D eigenvalue weighted by atomic mass is 16.7. The number of hydrogen-bond donors (Lipinski definition) is 2. The fourth-order valence-corrected chi connectivity index (χ4v) is 1.95. The van der Waals surface area contributed by atoms with Crippen LogP contribution in [0.4, 0.5) is 0 Å². The zero-order chi connectivity index (χ0) is 16.2. The molecule has 9 nitrogen and oxygen atoms in total. The molecule has 3 N–H and O–H groups in total. The molecule has 5 atom stereocenters. The molecule has 0 radical (unpaired) electrons. The van der Waals surface area contributed by atoms with E-state index >= 15 is 0 Å². The summed E-state index contributed by atoms with van der Waals surface area (Å²) in [6.45, 7) is 3.22. The molecular formula is C12H19NO8. The lowest BCUT2D eigenvalue weighted by Crippen LogP contribution is -2.64. The van der Waals surface area contributed by atoms with Crippen LogP contribution in [-0.4, -0.2) is 60.3 Å². The Morgan fingerprint density at radius 2 is 1.57 bits per heavy atom. The number of aliphatic hydroxyl groups is 1. The predicted molar refractivity (Wildman–Crippen MR) is 66.6 cm³/mol. The molecule has 1 aliphatic heterocycles. The van der Waals surface area contributed by atoms with Crippen LogP contribution in [0, 0.1) is 0 Å². The van der Waals surface area contributed by atoms with Crippen molar-refractivity contribution in [1.82, 2.24) is 0 Å². The van der Waals surface area contributed by atoms with E-state index in [1.165, 1.54) is 6.92 Å². The molecule has 0 aromatic heterocycles. The van der Waals surface area contributed by atoms with Crippen molar-refractivity contribution in [2.45, 2.75) is 51.4 Å². The summed E-state index contributed by atoms with van der Waals surface area (Å²) in [4.78, 5) is 33.2. The van der Waals surface area contributed by atoms with Crippen molar-refractivity contribution in [3.63, 3.8) is 0 Å². The van der Waals surface area contributed by atoms with Crippen molar-refractivity contribution >= 4 is 17.9 Å². The van der Waals surface area contributed by atoms with Crippen LogP contribution >= 0.6 is 0 Å². The fraction of sp³-hybridized carbons (Fsp3) is 0.750. The normalized spacial score (nSPS) is 32.1. The van der Waals surface area contributed by atoms with Gasteiger partial charge in [-0.3, -0.25) is 14.4 Å². The second-order valence-electron chi connectivity index (χ2n) is 4.59. The molecule has 0 amide bonds. The smallest absolute Gasteiger partial charge is 0.303 e. The van der Waals surface area contributed by atoms with Gasteiger partial charge in [0.1, 0.15) is 12.7 Å². The van der Waals surface area contributed by atoms with E-state index in [4.69, 9.17) is 24.7 Å². The summed E-state index contributed by atoms with van der Waals surface area (Å²) in [6, 6.07) is -1.10. The Hall–Kier alpha value is -1.71. The molecule has 1 fully saturated rings. The number of aliphatic hydroxyl groups excluding tert-OH is 1. The zero-order valence-corrected chi connectivity index (χ0v) is 12.0. The Balaban J connectivity index is 2.94. The van der Waals surface area contributed by atoms with E-state index in [0.29, 0.717) is 0 Å². The number of rotatable bonds is 4. The van der Waals surface area contributed by atoms with Crippen molar-refractivity contribution < 1.29 is 38.4 Å². The van der Waals surface area contributed by atoms with Crippen molar-refractivity contribution in [1.29, 1.82) is 0 Å². The van der Waals surface area contributed by atoms with Gasteiger partial charge < -0.3 is 29.8 Å². The number of carbonyl (C=O) groups is 3. The minimum Gasteiger partial charge on any atom is -0.463 e. The average molecular weight is 305 g/mol. The van der Waals surface area contributed by atoms with E-state index in [1.807, 2.05) is 0 Å². The Bertz CT molecular complexity index is 412. The first-order valence-corrected chi connectivity index (χ1v) is 6.29. The largest absolute Gasteiger partial charge is 0.463 e. The van der Waals surface area contributed by atoms with Crippen LogP contribution in [0.15, 0.2) is 0 Å². The summed E-state index contributed by atoms with van der Waals surface area (Å²) in [6.07, 6.45) is -4.67. The molecule has 1 saturated heterocycles. The average Bonchev–Trinajstić information content (AvgIpc) is 2.35. The molecule has 0 saturated carbocycles. The van der Waals surface area contributed by atoms with Gasteiger partial charge in [-0.1, -0.05) is 0 Å². The quantitative estimate of drug-likeness (QED) is 0.468. The Morgan fingerprint density at radius 1 is 1.05 bits per heavy atom. The van der Waals surface area contributed by atoms with Gasteiger partial charge in [0.2, 0.25) is 0 Å². The van der Waals surface area contributed by atoms with E-state index in [-0.39, 0.29) is 6.61 Å². The molecule has 1 heterocycles. The van der Waals surface area contributed by atoms with Crippen LogP contribution in [0.25, 0.3) is 0 Å². The monoisotopic (exact) mass is 305 g/mol. The number of nitrogens with two attached hydrogens (primary N) is 1. The van der Waals surface area contributed by atoms with E-state index in [2.05, 4.69) is 0 Å². The van der Waals surface area contributed by atoms with Crippen LogP contribution in [0.1, 0.15) is 20.8 Å². The van der Waals surface area contributed by atoms with Gasteiger partial charge in [-0.25, -0.2) is 0 Å². The van der Waals surface area contributed by atoms with Gasteiger partial charge in [-0.15, -0.1) is 0 Å². The van der Waals surface area contributed by atoms with Crippen LogP contribution < -0.4 is 5.73 Å². The predicted octanol–water partition coefficient (Wildman–Crippen LogP) is -1.54. The van der Waals surface area contributed by atoms with Gasteiger partial charge in [-0.2, -0.15) is 0 Å². The molecule has 0 aromatic rings. The molecule has 9 heteroatoms. The van der Waals surface area contributed by atoms with Gasteiger partial charge in [0.25, 0.3) is 0 Å². The lowest BCUT2D eigenvalue weighted by Gasteiger charge is -2.41. The molecule has 0 spiro atoms. The van der Waals surface area contributed by atoms with Crippen molar-refractivity contribution in [2.75, 3.05) is 6.61 Å². The molecule has 0 unspecified atom stereocenters. The maximum Gasteiger partial charge on any atom is 0.303 e. The zero-order valence-electron chi connectivity index (χ0n) is 12.0. The summed E-state index contributed by atoms with van der Waals surface area (Å²) >= 11 is 0. The summed E-state index contributed by atoms with van der Waals surface area (Å²) < 4.78 is 20.0. The molecule has 0 aliphatic carbocycles. The number of hydrogen-bond acceptors (Lipinski definition) is 9. The third-order valence-corrected chi connectivity index (χ3v) is 2.77. The molecule has 21 heavy (non-hydrogen) atoms. The van der Waals surface area contributed by atoms with Crippen molar-refractivity contribution in [3.8, 4) is 0 Å². The Morgan fingerprint density at radius 3 is 2.05 bits per heavy atom. The Labute approximate surface area is 121 Å². The molecular weight excluding hydrogens is 286 g/mol. The molecule has 0 aromatic carbocycles. The highest BCUT2D eigenvalue weighted by molar-refractivity contribution is 5.67.